The maximum Gasteiger partial charge on any atom is 0.415 e. The summed E-state index contributed by atoms with van der Waals surface area (Å²) in [6.07, 6.45) is -6.78. The van der Waals surface area contributed by atoms with Gasteiger partial charge in [0, 0.05) is 10.6 Å². The first kappa shape index (κ1) is 11.4. The van der Waals surface area contributed by atoms with Crippen LogP contribution in [0.4, 0.5) is 13.2 Å². The lowest BCUT2D eigenvalue weighted by Crippen LogP contribution is -2.30. The summed E-state index contributed by atoms with van der Waals surface area (Å²) in [7, 11) is 0. The van der Waals surface area contributed by atoms with Gasteiger partial charge in [0.2, 0.25) is 0 Å². The molecule has 0 aromatic heterocycles. The second-order valence-electron chi connectivity index (χ2n) is 2.68. The molecular formula is C9H9F3OS. The van der Waals surface area contributed by atoms with Crippen LogP contribution in [0.25, 0.3) is 0 Å². The molecule has 0 saturated heterocycles. The topological polar surface area (TPSA) is 20.2 Å². The molecule has 0 unspecified atom stereocenters. The molecule has 0 aliphatic rings. The minimum Gasteiger partial charge on any atom is -0.383 e. The Balaban J connectivity index is 2.42. The lowest BCUT2D eigenvalue weighted by atomic mass is 10.4. The van der Waals surface area contributed by atoms with Gasteiger partial charge in [0.05, 0.1) is 0 Å². The van der Waals surface area contributed by atoms with Gasteiger partial charge in [0.25, 0.3) is 0 Å². The SMILES string of the molecule is O[C@@H](CSc1ccccc1)C(F)(F)F. The Kier molecular flexibility index (Phi) is 3.83. The molecule has 0 saturated carbocycles. The van der Waals surface area contributed by atoms with Crippen molar-refractivity contribution in [2.24, 2.45) is 0 Å². The van der Waals surface area contributed by atoms with Crippen LogP contribution in [0, 0.1) is 0 Å². The van der Waals surface area contributed by atoms with Gasteiger partial charge in [-0.3, -0.25) is 0 Å². The fourth-order valence-corrected chi connectivity index (χ4v) is 1.68. The molecule has 0 aliphatic heterocycles. The molecule has 1 N–H and O–H groups in total. The van der Waals surface area contributed by atoms with E-state index < -0.39 is 12.3 Å². The number of aliphatic hydroxyl groups is 1. The maximum absolute atomic E-state index is 11.9. The Hall–Kier alpha value is -0.680. The van der Waals surface area contributed by atoms with Crippen molar-refractivity contribution in [3.05, 3.63) is 30.3 Å². The zero-order valence-corrected chi connectivity index (χ0v) is 7.98. The smallest absolute Gasteiger partial charge is 0.383 e. The molecule has 0 aliphatic carbocycles. The van der Waals surface area contributed by atoms with Crippen LogP contribution in [0.15, 0.2) is 35.2 Å². The number of thioether (sulfide) groups is 1. The lowest BCUT2D eigenvalue weighted by molar-refractivity contribution is -0.195. The van der Waals surface area contributed by atoms with E-state index in [2.05, 4.69) is 0 Å². The Morgan fingerprint density at radius 2 is 1.79 bits per heavy atom. The highest BCUT2D eigenvalue weighted by molar-refractivity contribution is 7.99. The number of halogens is 3. The van der Waals surface area contributed by atoms with Crippen LogP contribution in [-0.2, 0) is 0 Å². The van der Waals surface area contributed by atoms with Gasteiger partial charge in [-0.2, -0.15) is 13.2 Å². The van der Waals surface area contributed by atoms with E-state index in [-0.39, 0.29) is 5.75 Å². The average Bonchev–Trinajstić information content (AvgIpc) is 2.14. The first-order chi connectivity index (χ1) is 6.50. The molecule has 1 atom stereocenters. The van der Waals surface area contributed by atoms with Gasteiger partial charge in [0.1, 0.15) is 0 Å². The van der Waals surface area contributed by atoms with E-state index >= 15 is 0 Å². The van der Waals surface area contributed by atoms with Gasteiger partial charge in [-0.25, -0.2) is 0 Å². The van der Waals surface area contributed by atoms with Gasteiger partial charge in [-0.15, -0.1) is 11.8 Å². The second kappa shape index (κ2) is 4.70. The second-order valence-corrected chi connectivity index (χ2v) is 3.77. The number of hydrogen-bond acceptors (Lipinski definition) is 2. The van der Waals surface area contributed by atoms with Crippen molar-refractivity contribution >= 4 is 11.8 Å². The Morgan fingerprint density at radius 3 is 2.29 bits per heavy atom. The van der Waals surface area contributed by atoms with Crippen molar-refractivity contribution in [2.75, 3.05) is 5.75 Å². The zero-order valence-electron chi connectivity index (χ0n) is 7.16. The highest BCUT2D eigenvalue weighted by Gasteiger charge is 2.37. The third-order valence-corrected chi connectivity index (χ3v) is 2.62. The largest absolute Gasteiger partial charge is 0.415 e. The third-order valence-electron chi connectivity index (χ3n) is 1.53. The van der Waals surface area contributed by atoms with E-state index in [1.807, 2.05) is 0 Å². The van der Waals surface area contributed by atoms with Crippen molar-refractivity contribution in [3.8, 4) is 0 Å². The summed E-state index contributed by atoms with van der Waals surface area (Å²) in [5.74, 6) is -0.368. The minimum absolute atomic E-state index is 0.368. The molecule has 14 heavy (non-hydrogen) atoms. The summed E-state index contributed by atoms with van der Waals surface area (Å²) in [5.41, 5.74) is 0. The zero-order chi connectivity index (χ0) is 10.6. The highest BCUT2D eigenvalue weighted by atomic mass is 32.2. The Morgan fingerprint density at radius 1 is 1.21 bits per heavy atom. The molecule has 1 aromatic carbocycles. The number of aliphatic hydroxyl groups excluding tert-OH is 1. The molecule has 0 spiro atoms. The van der Waals surface area contributed by atoms with E-state index in [1.165, 1.54) is 0 Å². The predicted octanol–water partition coefficient (Wildman–Crippen LogP) is 2.70. The number of hydrogen-bond donors (Lipinski definition) is 1. The Bertz CT molecular complexity index is 273. The monoisotopic (exact) mass is 222 g/mol. The summed E-state index contributed by atoms with van der Waals surface area (Å²) in [6.45, 7) is 0. The van der Waals surface area contributed by atoms with Crippen LogP contribution in [0.3, 0.4) is 0 Å². The van der Waals surface area contributed by atoms with E-state index in [1.54, 1.807) is 30.3 Å². The lowest BCUT2D eigenvalue weighted by Gasteiger charge is -2.13. The number of benzene rings is 1. The van der Waals surface area contributed by atoms with Crippen LogP contribution in [-0.4, -0.2) is 23.1 Å². The van der Waals surface area contributed by atoms with Crippen LogP contribution >= 0.6 is 11.8 Å². The summed E-state index contributed by atoms with van der Waals surface area (Å²) < 4.78 is 35.7. The summed E-state index contributed by atoms with van der Waals surface area (Å²) >= 11 is 0.985. The molecular weight excluding hydrogens is 213 g/mol. The molecule has 0 radical (unpaired) electrons. The fourth-order valence-electron chi connectivity index (χ4n) is 0.786. The van der Waals surface area contributed by atoms with Gasteiger partial charge in [-0.1, -0.05) is 18.2 Å². The third kappa shape index (κ3) is 3.59. The normalized spacial score (nSPS) is 14.0. The van der Waals surface area contributed by atoms with E-state index in [0.717, 1.165) is 16.7 Å². The fraction of sp³-hybridized carbons (Fsp3) is 0.333. The molecule has 5 heteroatoms. The number of rotatable bonds is 3. The maximum atomic E-state index is 11.9. The van der Waals surface area contributed by atoms with Crippen molar-refractivity contribution in [3.63, 3.8) is 0 Å². The van der Waals surface area contributed by atoms with Gasteiger partial charge in [0.15, 0.2) is 6.10 Å². The van der Waals surface area contributed by atoms with Crippen molar-refractivity contribution in [1.82, 2.24) is 0 Å². The van der Waals surface area contributed by atoms with Crippen LogP contribution in [0.5, 0.6) is 0 Å². The van der Waals surface area contributed by atoms with Crippen LogP contribution in [0.1, 0.15) is 0 Å². The van der Waals surface area contributed by atoms with Gasteiger partial charge >= 0.3 is 6.18 Å². The number of alkyl halides is 3. The summed E-state index contributed by atoms with van der Waals surface area (Å²) in [5, 5.41) is 8.70. The summed E-state index contributed by atoms with van der Waals surface area (Å²) in [6, 6.07) is 8.66. The van der Waals surface area contributed by atoms with Gasteiger partial charge in [-0.05, 0) is 12.1 Å². The van der Waals surface area contributed by atoms with Crippen molar-refractivity contribution in [1.29, 1.82) is 0 Å². The van der Waals surface area contributed by atoms with E-state index in [0.29, 0.717) is 0 Å². The molecule has 0 amide bonds. The minimum atomic E-state index is -4.53. The highest BCUT2D eigenvalue weighted by Crippen LogP contribution is 2.26. The quantitative estimate of drug-likeness (QED) is 0.793. The molecule has 0 fully saturated rings. The van der Waals surface area contributed by atoms with Crippen LogP contribution in [0.2, 0.25) is 0 Å². The average molecular weight is 222 g/mol. The standard InChI is InChI=1S/C9H9F3OS/c10-9(11,12)8(13)6-14-7-4-2-1-3-5-7/h1-5,8,13H,6H2/t8-/m0/s1. The molecule has 78 valence electrons. The van der Waals surface area contributed by atoms with Crippen molar-refractivity contribution in [2.45, 2.75) is 17.2 Å². The predicted molar refractivity (Wildman–Crippen MR) is 49.2 cm³/mol. The summed E-state index contributed by atoms with van der Waals surface area (Å²) in [4.78, 5) is 0.718. The van der Waals surface area contributed by atoms with E-state index in [9.17, 15) is 13.2 Å². The first-order valence-electron chi connectivity index (χ1n) is 3.93. The Labute approximate surface area is 83.9 Å². The van der Waals surface area contributed by atoms with Gasteiger partial charge < -0.3 is 5.11 Å². The molecule has 1 rings (SSSR count). The molecule has 0 bridgehead atoms. The molecule has 0 heterocycles. The first-order valence-corrected chi connectivity index (χ1v) is 4.91. The molecule has 1 nitrogen and oxygen atoms in total. The molecule has 1 aromatic rings. The van der Waals surface area contributed by atoms with Crippen molar-refractivity contribution < 1.29 is 18.3 Å². The van der Waals surface area contributed by atoms with E-state index in [4.69, 9.17) is 5.11 Å². The van der Waals surface area contributed by atoms with Crippen LogP contribution < -0.4 is 0 Å².